The number of nitrogens with zero attached hydrogens (tertiary/aromatic N) is 7. The smallest absolute Gasteiger partial charge is 0.192 e. The van der Waals surface area contributed by atoms with Gasteiger partial charge >= 0.3 is 0 Å². The van der Waals surface area contributed by atoms with E-state index < -0.39 is 0 Å². The SMILES string of the molecule is CCc1nc2ccc(N3CC[C@H](N)C3)nn2c1N(C)c1nc(-c2ccc(F)cc2)c(C#N)s1. The number of benzene rings is 1. The van der Waals surface area contributed by atoms with Gasteiger partial charge in [0.2, 0.25) is 0 Å². The predicted octanol–water partition coefficient (Wildman–Crippen LogP) is 3.73. The number of thiazole rings is 1. The third-order valence-electron chi connectivity index (χ3n) is 5.83. The summed E-state index contributed by atoms with van der Waals surface area (Å²) in [5.74, 6) is 1.33. The Balaban J connectivity index is 1.58. The maximum Gasteiger partial charge on any atom is 0.192 e. The van der Waals surface area contributed by atoms with Gasteiger partial charge < -0.3 is 15.5 Å². The fourth-order valence-electron chi connectivity index (χ4n) is 4.12. The molecule has 5 rings (SSSR count). The van der Waals surface area contributed by atoms with E-state index in [0.29, 0.717) is 27.7 Å². The van der Waals surface area contributed by atoms with Gasteiger partial charge in [0, 0.05) is 31.7 Å². The largest absolute Gasteiger partial charge is 0.354 e. The van der Waals surface area contributed by atoms with Crippen LogP contribution in [0.2, 0.25) is 0 Å². The lowest BCUT2D eigenvalue weighted by atomic mass is 10.1. The molecule has 168 valence electrons. The Bertz CT molecular complexity index is 1350. The first-order valence-electron chi connectivity index (χ1n) is 10.8. The molecule has 0 spiro atoms. The van der Waals surface area contributed by atoms with Crippen LogP contribution < -0.4 is 15.5 Å². The van der Waals surface area contributed by atoms with Crippen LogP contribution >= 0.6 is 11.3 Å². The maximum atomic E-state index is 13.4. The molecule has 4 heterocycles. The second-order valence-corrected chi connectivity index (χ2v) is 9.02. The van der Waals surface area contributed by atoms with Crippen LogP contribution in [-0.4, -0.2) is 45.8 Å². The second-order valence-electron chi connectivity index (χ2n) is 8.04. The van der Waals surface area contributed by atoms with E-state index in [9.17, 15) is 9.65 Å². The molecule has 1 aliphatic rings. The van der Waals surface area contributed by atoms with Gasteiger partial charge in [-0.2, -0.15) is 9.78 Å². The second kappa shape index (κ2) is 8.42. The van der Waals surface area contributed by atoms with Crippen molar-refractivity contribution in [3.8, 4) is 17.3 Å². The summed E-state index contributed by atoms with van der Waals surface area (Å²) in [6.45, 7) is 3.70. The molecule has 1 fully saturated rings. The molecule has 4 aromatic rings. The average Bonchev–Trinajstić information content (AvgIpc) is 3.54. The molecule has 0 bridgehead atoms. The summed E-state index contributed by atoms with van der Waals surface area (Å²) in [5, 5.41) is 15.2. The Labute approximate surface area is 194 Å². The van der Waals surface area contributed by atoms with Crippen LogP contribution in [0, 0.1) is 17.1 Å². The van der Waals surface area contributed by atoms with Gasteiger partial charge in [-0.1, -0.05) is 18.3 Å². The summed E-state index contributed by atoms with van der Waals surface area (Å²) in [6.07, 6.45) is 1.66. The Morgan fingerprint density at radius 1 is 1.24 bits per heavy atom. The molecule has 1 saturated heterocycles. The number of nitrogens with two attached hydrogens (primary N) is 1. The molecule has 1 atom stereocenters. The van der Waals surface area contributed by atoms with Crippen LogP contribution in [0.15, 0.2) is 36.4 Å². The van der Waals surface area contributed by atoms with E-state index in [4.69, 9.17) is 20.8 Å². The number of halogens is 1. The number of rotatable bonds is 5. The minimum Gasteiger partial charge on any atom is -0.354 e. The standard InChI is InChI=1S/C23H23FN8S/c1-3-17-22(32-19(27-17)8-9-20(29-32)31-11-10-16(26)13-31)30(2)23-28-21(18(12-25)33-23)14-4-6-15(24)7-5-14/h4-9,16H,3,10-11,13,26H2,1-2H3/t16-/m0/s1. The van der Waals surface area contributed by atoms with Gasteiger partial charge in [-0.05, 0) is 49.2 Å². The lowest BCUT2D eigenvalue weighted by Gasteiger charge is -2.19. The number of fused-ring (bicyclic) bond motifs is 1. The van der Waals surface area contributed by atoms with Gasteiger partial charge in [0.05, 0.1) is 5.69 Å². The van der Waals surface area contributed by atoms with E-state index in [1.165, 1.54) is 23.5 Å². The van der Waals surface area contributed by atoms with Gasteiger partial charge in [-0.3, -0.25) is 0 Å². The maximum absolute atomic E-state index is 13.4. The highest BCUT2D eigenvalue weighted by Crippen LogP contribution is 2.36. The van der Waals surface area contributed by atoms with Crippen LogP contribution in [0.4, 0.5) is 21.2 Å². The predicted molar refractivity (Wildman–Crippen MR) is 127 cm³/mol. The van der Waals surface area contributed by atoms with Gasteiger partial charge in [0.25, 0.3) is 0 Å². The quantitative estimate of drug-likeness (QED) is 0.482. The molecular weight excluding hydrogens is 439 g/mol. The van der Waals surface area contributed by atoms with Crippen molar-refractivity contribution in [2.75, 3.05) is 29.9 Å². The number of imidazole rings is 1. The van der Waals surface area contributed by atoms with Gasteiger partial charge in [0.1, 0.15) is 28.3 Å². The van der Waals surface area contributed by atoms with Crippen LogP contribution in [0.1, 0.15) is 23.9 Å². The molecule has 0 aliphatic carbocycles. The number of aromatic nitrogens is 4. The molecule has 0 radical (unpaired) electrons. The monoisotopic (exact) mass is 462 g/mol. The summed E-state index contributed by atoms with van der Waals surface area (Å²) >= 11 is 1.29. The van der Waals surface area contributed by atoms with E-state index in [1.807, 2.05) is 35.5 Å². The van der Waals surface area contributed by atoms with Crippen LogP contribution in [0.5, 0.6) is 0 Å². The van der Waals surface area contributed by atoms with Crippen LogP contribution in [0.3, 0.4) is 0 Å². The number of anilines is 3. The fourth-order valence-corrected chi connectivity index (χ4v) is 4.97. The van der Waals surface area contributed by atoms with Crippen molar-refractivity contribution < 1.29 is 4.39 Å². The van der Waals surface area contributed by atoms with Gasteiger partial charge in [-0.25, -0.2) is 14.4 Å². The first kappa shape index (κ1) is 21.3. The summed E-state index contributed by atoms with van der Waals surface area (Å²) in [5.41, 5.74) is 8.96. The lowest BCUT2D eigenvalue weighted by molar-refractivity contribution is 0.628. The van der Waals surface area contributed by atoms with Crippen molar-refractivity contribution in [3.63, 3.8) is 0 Å². The molecule has 0 unspecified atom stereocenters. The van der Waals surface area contributed by atoms with E-state index in [0.717, 1.165) is 42.5 Å². The molecule has 1 aromatic carbocycles. The van der Waals surface area contributed by atoms with Crippen LogP contribution in [-0.2, 0) is 6.42 Å². The molecule has 0 amide bonds. The molecule has 0 saturated carbocycles. The fraction of sp³-hybridized carbons (Fsp3) is 0.304. The molecule has 1 aliphatic heterocycles. The first-order valence-corrected chi connectivity index (χ1v) is 11.6. The highest BCUT2D eigenvalue weighted by Gasteiger charge is 2.25. The van der Waals surface area contributed by atoms with E-state index in [1.54, 1.807) is 12.1 Å². The van der Waals surface area contributed by atoms with E-state index >= 15 is 0 Å². The number of hydrogen-bond donors (Lipinski definition) is 1. The van der Waals surface area contributed by atoms with Crippen molar-refractivity contribution in [3.05, 3.63) is 52.8 Å². The minimum atomic E-state index is -0.330. The lowest BCUT2D eigenvalue weighted by Crippen LogP contribution is -2.27. The molecule has 33 heavy (non-hydrogen) atoms. The third kappa shape index (κ3) is 3.79. The number of nitriles is 1. The highest BCUT2D eigenvalue weighted by molar-refractivity contribution is 7.16. The zero-order valence-corrected chi connectivity index (χ0v) is 19.2. The van der Waals surface area contributed by atoms with Gasteiger partial charge in [-0.15, -0.1) is 5.10 Å². The minimum absolute atomic E-state index is 0.156. The highest BCUT2D eigenvalue weighted by atomic mass is 32.1. The molecular formula is C23H23FN8S. The van der Waals surface area contributed by atoms with Crippen molar-refractivity contribution in [1.29, 1.82) is 5.26 Å². The number of aryl methyl sites for hydroxylation is 1. The zero-order chi connectivity index (χ0) is 23.1. The number of hydrogen-bond acceptors (Lipinski definition) is 8. The zero-order valence-electron chi connectivity index (χ0n) is 18.4. The Kier molecular flexibility index (Phi) is 5.44. The van der Waals surface area contributed by atoms with Crippen molar-refractivity contribution in [1.82, 2.24) is 19.6 Å². The van der Waals surface area contributed by atoms with Gasteiger partial charge in [0.15, 0.2) is 16.6 Å². The Hall–Kier alpha value is -3.55. The molecule has 8 nitrogen and oxygen atoms in total. The molecule has 10 heteroatoms. The summed E-state index contributed by atoms with van der Waals surface area (Å²) in [7, 11) is 1.90. The van der Waals surface area contributed by atoms with Crippen LogP contribution in [0.25, 0.3) is 16.9 Å². The third-order valence-corrected chi connectivity index (χ3v) is 6.87. The van der Waals surface area contributed by atoms with Crippen molar-refractivity contribution in [2.45, 2.75) is 25.8 Å². The van der Waals surface area contributed by atoms with E-state index in [2.05, 4.69) is 11.0 Å². The Morgan fingerprint density at radius 3 is 2.70 bits per heavy atom. The normalized spacial score (nSPS) is 15.8. The van der Waals surface area contributed by atoms with E-state index in [-0.39, 0.29) is 11.9 Å². The van der Waals surface area contributed by atoms with Crippen molar-refractivity contribution >= 4 is 33.8 Å². The molecule has 2 N–H and O–H groups in total. The summed E-state index contributed by atoms with van der Waals surface area (Å²) < 4.78 is 15.2. The van der Waals surface area contributed by atoms with Crippen molar-refractivity contribution in [2.24, 2.45) is 5.73 Å². The Morgan fingerprint density at radius 2 is 2.03 bits per heavy atom. The summed E-state index contributed by atoms with van der Waals surface area (Å²) in [6, 6.07) is 12.3. The average molecular weight is 463 g/mol. The first-order chi connectivity index (χ1) is 16.0. The molecule has 3 aromatic heterocycles. The topological polar surface area (TPSA) is 99.4 Å². The summed E-state index contributed by atoms with van der Waals surface area (Å²) in [4.78, 5) is 14.1.